The largest absolute Gasteiger partial charge is 0.383 e. The van der Waals surface area contributed by atoms with Crippen molar-refractivity contribution >= 4 is 17.0 Å². The Morgan fingerprint density at radius 2 is 2.31 bits per heavy atom. The van der Waals surface area contributed by atoms with E-state index >= 15 is 0 Å². The van der Waals surface area contributed by atoms with E-state index in [9.17, 15) is 4.79 Å². The lowest BCUT2D eigenvalue weighted by Gasteiger charge is -2.07. The molecule has 0 aromatic carbocycles. The predicted molar refractivity (Wildman–Crippen MR) is 59.1 cm³/mol. The highest BCUT2D eigenvalue weighted by Gasteiger charge is 2.11. The van der Waals surface area contributed by atoms with Gasteiger partial charge in [0.05, 0.1) is 12.9 Å². The van der Waals surface area contributed by atoms with Gasteiger partial charge in [0.25, 0.3) is 0 Å². The monoisotopic (exact) mass is 223 g/mol. The highest BCUT2D eigenvalue weighted by molar-refractivity contribution is 5.81. The molecule has 0 fully saturated rings. The summed E-state index contributed by atoms with van der Waals surface area (Å²) in [6, 6.07) is 0. The third-order valence-corrected chi connectivity index (χ3v) is 2.45. The van der Waals surface area contributed by atoms with Crippen molar-refractivity contribution in [2.24, 2.45) is 7.05 Å². The summed E-state index contributed by atoms with van der Waals surface area (Å²) in [6.45, 7) is 1.17. The number of rotatable bonds is 3. The molecular formula is C9H13N5O2. The van der Waals surface area contributed by atoms with Crippen LogP contribution in [0, 0.1) is 0 Å². The number of imidazole rings is 1. The van der Waals surface area contributed by atoms with Gasteiger partial charge in [0.1, 0.15) is 11.3 Å². The number of aromatic nitrogens is 4. The van der Waals surface area contributed by atoms with Crippen molar-refractivity contribution in [1.29, 1.82) is 0 Å². The Kier molecular flexibility index (Phi) is 2.61. The lowest BCUT2D eigenvalue weighted by molar-refractivity contribution is 0.188. The summed E-state index contributed by atoms with van der Waals surface area (Å²) in [4.78, 5) is 19.2. The normalized spacial score (nSPS) is 11.1. The van der Waals surface area contributed by atoms with Crippen LogP contribution in [0.1, 0.15) is 0 Å². The molecule has 16 heavy (non-hydrogen) atoms. The van der Waals surface area contributed by atoms with Crippen molar-refractivity contribution < 1.29 is 4.74 Å². The van der Waals surface area contributed by atoms with Crippen molar-refractivity contribution in [2.45, 2.75) is 6.54 Å². The van der Waals surface area contributed by atoms with Gasteiger partial charge in [-0.05, 0) is 0 Å². The van der Waals surface area contributed by atoms with Gasteiger partial charge in [-0.25, -0.2) is 9.78 Å². The van der Waals surface area contributed by atoms with Crippen molar-refractivity contribution in [2.75, 3.05) is 19.5 Å². The zero-order valence-electron chi connectivity index (χ0n) is 9.17. The van der Waals surface area contributed by atoms with E-state index in [-0.39, 0.29) is 0 Å². The highest BCUT2D eigenvalue weighted by atomic mass is 16.5. The maximum absolute atomic E-state index is 11.4. The minimum absolute atomic E-state index is 0.364. The van der Waals surface area contributed by atoms with E-state index in [0.29, 0.717) is 30.1 Å². The van der Waals surface area contributed by atoms with Gasteiger partial charge in [-0.3, -0.25) is 4.57 Å². The van der Waals surface area contributed by atoms with E-state index in [1.807, 2.05) is 4.57 Å². The highest BCUT2D eigenvalue weighted by Crippen LogP contribution is 2.15. The fraction of sp³-hybridized carbons (Fsp3) is 0.444. The van der Waals surface area contributed by atoms with Crippen LogP contribution in [0.3, 0.4) is 0 Å². The smallest absolute Gasteiger partial charge is 0.351 e. The average molecular weight is 223 g/mol. The Balaban J connectivity index is 2.62. The average Bonchev–Trinajstić information content (AvgIpc) is 2.66. The van der Waals surface area contributed by atoms with Crippen molar-refractivity contribution in [3.8, 4) is 0 Å². The zero-order chi connectivity index (χ0) is 11.7. The first-order valence-corrected chi connectivity index (χ1v) is 4.81. The molecule has 2 N–H and O–H groups in total. The van der Waals surface area contributed by atoms with Crippen LogP contribution in [-0.2, 0) is 18.3 Å². The van der Waals surface area contributed by atoms with Gasteiger partial charge in [0.2, 0.25) is 0 Å². The van der Waals surface area contributed by atoms with Crippen LogP contribution in [0.15, 0.2) is 11.1 Å². The molecule has 0 aliphatic carbocycles. The molecule has 7 heteroatoms. The van der Waals surface area contributed by atoms with Crippen molar-refractivity contribution in [1.82, 2.24) is 19.1 Å². The maximum Gasteiger partial charge on any atom is 0.351 e. The molecule has 0 spiro atoms. The molecule has 2 rings (SSSR count). The zero-order valence-corrected chi connectivity index (χ0v) is 9.17. The number of hydrogen-bond acceptors (Lipinski definition) is 5. The third kappa shape index (κ3) is 1.54. The number of nitrogens with two attached hydrogens (primary N) is 1. The number of nitrogen functional groups attached to an aromatic ring is 1. The molecule has 2 aromatic rings. The van der Waals surface area contributed by atoms with Crippen LogP contribution in [0.4, 0.5) is 5.82 Å². The molecule has 0 aliphatic heterocycles. The van der Waals surface area contributed by atoms with Crippen LogP contribution >= 0.6 is 0 Å². The Morgan fingerprint density at radius 3 is 3.00 bits per heavy atom. The first kappa shape index (κ1) is 10.6. The van der Waals surface area contributed by atoms with Crippen LogP contribution in [0.5, 0.6) is 0 Å². The van der Waals surface area contributed by atoms with E-state index in [1.54, 1.807) is 20.5 Å². The van der Waals surface area contributed by atoms with Gasteiger partial charge in [0, 0.05) is 20.7 Å². The summed E-state index contributed by atoms with van der Waals surface area (Å²) < 4.78 is 8.10. The van der Waals surface area contributed by atoms with Crippen LogP contribution in [0.2, 0.25) is 0 Å². The summed E-state index contributed by atoms with van der Waals surface area (Å²) in [7, 11) is 3.20. The number of fused-ring (bicyclic) bond motifs is 1. The van der Waals surface area contributed by atoms with Crippen molar-refractivity contribution in [3.63, 3.8) is 0 Å². The summed E-state index contributed by atoms with van der Waals surface area (Å²) in [5.74, 6) is 0.364. The molecule has 0 aliphatic rings. The Labute approximate surface area is 91.5 Å². The Hall–Kier alpha value is -1.89. The lowest BCUT2D eigenvalue weighted by atomic mass is 10.4. The number of anilines is 1. The van der Waals surface area contributed by atoms with Crippen LogP contribution < -0.4 is 11.4 Å². The van der Waals surface area contributed by atoms with Gasteiger partial charge in [-0.1, -0.05) is 0 Å². The van der Waals surface area contributed by atoms with Crippen molar-refractivity contribution in [3.05, 3.63) is 16.8 Å². The molecule has 0 atom stereocenters. The number of ether oxygens (including phenoxy) is 1. The topological polar surface area (TPSA) is 88.0 Å². The number of hydrogen-bond donors (Lipinski definition) is 1. The van der Waals surface area contributed by atoms with Crippen LogP contribution in [0.25, 0.3) is 11.2 Å². The molecule has 0 saturated carbocycles. The lowest BCUT2D eigenvalue weighted by Crippen LogP contribution is -2.23. The second-order valence-electron chi connectivity index (χ2n) is 3.44. The second-order valence-corrected chi connectivity index (χ2v) is 3.44. The Morgan fingerprint density at radius 1 is 1.56 bits per heavy atom. The van der Waals surface area contributed by atoms with E-state index in [1.165, 1.54) is 4.57 Å². The van der Waals surface area contributed by atoms with E-state index in [0.717, 1.165) is 0 Å². The number of methoxy groups -OCH3 is 1. The molecule has 0 amide bonds. The molecule has 0 unspecified atom stereocenters. The fourth-order valence-electron chi connectivity index (χ4n) is 1.50. The summed E-state index contributed by atoms with van der Waals surface area (Å²) in [5, 5.41) is 0. The first-order valence-electron chi connectivity index (χ1n) is 4.81. The van der Waals surface area contributed by atoms with Gasteiger partial charge >= 0.3 is 5.69 Å². The van der Waals surface area contributed by atoms with E-state index in [2.05, 4.69) is 9.97 Å². The molecule has 7 nitrogen and oxygen atoms in total. The standard InChI is InChI=1S/C9H13N5O2/c1-13-7(10)6-8(12-9(13)15)11-5-14(6)3-4-16-2/h5H,3-4,10H2,1-2H3. The van der Waals surface area contributed by atoms with E-state index in [4.69, 9.17) is 10.5 Å². The summed E-state index contributed by atoms with van der Waals surface area (Å²) in [6.07, 6.45) is 1.60. The molecular weight excluding hydrogens is 210 g/mol. The molecule has 2 aromatic heterocycles. The molecule has 0 bridgehead atoms. The molecule has 0 radical (unpaired) electrons. The fourth-order valence-corrected chi connectivity index (χ4v) is 1.50. The minimum atomic E-state index is -0.401. The Bertz CT molecular complexity index is 571. The maximum atomic E-state index is 11.4. The minimum Gasteiger partial charge on any atom is -0.383 e. The van der Waals surface area contributed by atoms with Gasteiger partial charge < -0.3 is 15.0 Å². The second kappa shape index (κ2) is 3.93. The molecule has 86 valence electrons. The quantitative estimate of drug-likeness (QED) is 0.747. The van der Waals surface area contributed by atoms with Gasteiger partial charge in [0.15, 0.2) is 5.65 Å². The number of nitrogens with zero attached hydrogens (tertiary/aromatic N) is 4. The first-order chi connectivity index (χ1) is 7.65. The van der Waals surface area contributed by atoms with Gasteiger partial charge in [-0.2, -0.15) is 4.98 Å². The SMILES string of the molecule is COCCn1cnc2nc(=O)n(C)c(N)c21. The summed E-state index contributed by atoms with van der Waals surface area (Å²) in [5.41, 5.74) is 6.49. The predicted octanol–water partition coefficient (Wildman–Crippen LogP) is -0.641. The molecule has 2 heterocycles. The van der Waals surface area contributed by atoms with Gasteiger partial charge in [-0.15, -0.1) is 0 Å². The third-order valence-electron chi connectivity index (χ3n) is 2.45. The summed E-state index contributed by atoms with van der Waals surface area (Å²) >= 11 is 0. The molecule has 0 saturated heterocycles. The van der Waals surface area contributed by atoms with Crippen LogP contribution in [-0.4, -0.2) is 32.8 Å². The van der Waals surface area contributed by atoms with E-state index < -0.39 is 5.69 Å².